The molecule has 0 aliphatic rings. The molecule has 108 valence electrons. The normalized spacial score (nSPS) is 10.8. The fraction of sp³-hybridized carbons (Fsp3) is 0.438. The highest BCUT2D eigenvalue weighted by molar-refractivity contribution is 7.09. The van der Waals surface area contributed by atoms with E-state index in [-0.39, 0.29) is 0 Å². The van der Waals surface area contributed by atoms with Crippen LogP contribution in [0.1, 0.15) is 30.0 Å². The van der Waals surface area contributed by atoms with Crippen molar-refractivity contribution in [3.05, 3.63) is 45.9 Å². The highest BCUT2D eigenvalue weighted by Gasteiger charge is 2.03. The Balaban J connectivity index is 1.86. The van der Waals surface area contributed by atoms with E-state index < -0.39 is 0 Å². The number of aryl methyl sites for hydroxylation is 1. The highest BCUT2D eigenvalue weighted by Crippen LogP contribution is 2.15. The first-order valence-electron chi connectivity index (χ1n) is 7.18. The van der Waals surface area contributed by atoms with Crippen LogP contribution in [-0.4, -0.2) is 18.1 Å². The molecular formula is C16H23N3S. The molecule has 0 spiro atoms. The molecule has 0 amide bonds. The zero-order valence-corrected chi connectivity index (χ0v) is 13.3. The molecule has 20 heavy (non-hydrogen) atoms. The van der Waals surface area contributed by atoms with Gasteiger partial charge in [0.2, 0.25) is 0 Å². The monoisotopic (exact) mass is 289 g/mol. The van der Waals surface area contributed by atoms with Gasteiger partial charge in [0, 0.05) is 36.7 Å². The van der Waals surface area contributed by atoms with Crippen molar-refractivity contribution >= 4 is 17.0 Å². The summed E-state index contributed by atoms with van der Waals surface area (Å²) in [7, 11) is 0. The quantitative estimate of drug-likeness (QED) is 0.844. The zero-order valence-electron chi connectivity index (χ0n) is 12.5. The Morgan fingerprint density at radius 3 is 2.35 bits per heavy atom. The molecule has 4 heteroatoms. The van der Waals surface area contributed by atoms with Crippen molar-refractivity contribution in [1.82, 2.24) is 10.3 Å². The van der Waals surface area contributed by atoms with E-state index >= 15 is 0 Å². The topological polar surface area (TPSA) is 28.2 Å². The van der Waals surface area contributed by atoms with Gasteiger partial charge >= 0.3 is 0 Å². The molecule has 0 radical (unpaired) electrons. The summed E-state index contributed by atoms with van der Waals surface area (Å²) in [5, 5.41) is 3.48. The van der Waals surface area contributed by atoms with Gasteiger partial charge in [-0.3, -0.25) is 0 Å². The second-order valence-corrected chi connectivity index (χ2v) is 5.74. The number of nitrogens with zero attached hydrogens (tertiary/aromatic N) is 2. The summed E-state index contributed by atoms with van der Waals surface area (Å²) >= 11 is 1.72. The number of aromatic nitrogens is 1. The summed E-state index contributed by atoms with van der Waals surface area (Å²) in [5.41, 5.74) is 5.67. The Morgan fingerprint density at radius 1 is 1.10 bits per heavy atom. The standard InChI is InChI=1S/C16H23N3S/c1-4-19(5-2)15-8-6-14(7-9-15)10-17-11-16-13(3)18-12-20-16/h6-9,12,17H,4-5,10-11H2,1-3H3. The van der Waals surface area contributed by atoms with Gasteiger partial charge in [-0.2, -0.15) is 0 Å². The summed E-state index contributed by atoms with van der Waals surface area (Å²) in [5.74, 6) is 0. The van der Waals surface area contributed by atoms with Crippen LogP contribution >= 0.6 is 11.3 Å². The molecule has 0 aliphatic carbocycles. The molecule has 0 saturated carbocycles. The Labute approximate surface area is 125 Å². The number of anilines is 1. The average molecular weight is 289 g/mol. The third-order valence-corrected chi connectivity index (χ3v) is 4.46. The van der Waals surface area contributed by atoms with Gasteiger partial charge in [-0.05, 0) is 38.5 Å². The minimum atomic E-state index is 0.897. The number of thiazole rings is 1. The first kappa shape index (κ1) is 15.0. The Bertz CT molecular complexity index is 515. The largest absolute Gasteiger partial charge is 0.372 e. The van der Waals surface area contributed by atoms with Crippen molar-refractivity contribution in [3.63, 3.8) is 0 Å². The molecule has 3 nitrogen and oxygen atoms in total. The van der Waals surface area contributed by atoms with Gasteiger partial charge in [0.25, 0.3) is 0 Å². The smallest absolute Gasteiger partial charge is 0.0798 e. The summed E-state index contributed by atoms with van der Waals surface area (Å²) in [6.07, 6.45) is 0. The van der Waals surface area contributed by atoms with Crippen LogP contribution in [0, 0.1) is 6.92 Å². The van der Waals surface area contributed by atoms with Crippen LogP contribution in [0.15, 0.2) is 29.8 Å². The molecule has 1 N–H and O–H groups in total. The van der Waals surface area contributed by atoms with Gasteiger partial charge in [0.15, 0.2) is 0 Å². The molecule has 1 heterocycles. The molecule has 1 aromatic carbocycles. The van der Waals surface area contributed by atoms with E-state index in [0.29, 0.717) is 0 Å². The lowest BCUT2D eigenvalue weighted by molar-refractivity contribution is 0.697. The number of nitrogens with one attached hydrogen (secondary N) is 1. The van der Waals surface area contributed by atoms with E-state index in [9.17, 15) is 0 Å². The van der Waals surface area contributed by atoms with E-state index in [1.807, 2.05) is 5.51 Å². The first-order valence-corrected chi connectivity index (χ1v) is 8.06. The van der Waals surface area contributed by atoms with Crippen LogP contribution in [0.5, 0.6) is 0 Å². The minimum absolute atomic E-state index is 0.897. The van der Waals surface area contributed by atoms with Crippen LogP contribution < -0.4 is 10.2 Å². The van der Waals surface area contributed by atoms with E-state index in [2.05, 4.69) is 60.2 Å². The van der Waals surface area contributed by atoms with Crippen molar-refractivity contribution in [3.8, 4) is 0 Å². The van der Waals surface area contributed by atoms with Crippen molar-refractivity contribution in [2.45, 2.75) is 33.9 Å². The van der Waals surface area contributed by atoms with Gasteiger partial charge in [0.1, 0.15) is 0 Å². The van der Waals surface area contributed by atoms with Crippen LogP contribution in [0.25, 0.3) is 0 Å². The lowest BCUT2D eigenvalue weighted by Gasteiger charge is -2.21. The van der Waals surface area contributed by atoms with E-state index in [0.717, 1.165) is 31.9 Å². The maximum atomic E-state index is 4.27. The zero-order chi connectivity index (χ0) is 14.4. The van der Waals surface area contributed by atoms with Crippen LogP contribution in [0.3, 0.4) is 0 Å². The molecule has 0 bridgehead atoms. The molecule has 0 atom stereocenters. The van der Waals surface area contributed by atoms with Crippen molar-refractivity contribution in [2.75, 3.05) is 18.0 Å². The van der Waals surface area contributed by atoms with Crippen molar-refractivity contribution < 1.29 is 0 Å². The van der Waals surface area contributed by atoms with E-state index in [4.69, 9.17) is 0 Å². The lowest BCUT2D eigenvalue weighted by atomic mass is 10.2. The summed E-state index contributed by atoms with van der Waals surface area (Å²) in [6.45, 7) is 10.3. The molecule has 2 rings (SSSR count). The Hall–Kier alpha value is -1.39. The number of hydrogen-bond acceptors (Lipinski definition) is 4. The van der Waals surface area contributed by atoms with Gasteiger partial charge < -0.3 is 10.2 Å². The van der Waals surface area contributed by atoms with Gasteiger partial charge in [-0.1, -0.05) is 12.1 Å². The molecule has 0 unspecified atom stereocenters. The maximum Gasteiger partial charge on any atom is 0.0798 e. The predicted octanol–water partition coefficient (Wildman–Crippen LogP) is 3.59. The Morgan fingerprint density at radius 2 is 1.80 bits per heavy atom. The number of hydrogen-bond donors (Lipinski definition) is 1. The molecule has 0 saturated heterocycles. The third-order valence-electron chi connectivity index (χ3n) is 3.52. The fourth-order valence-corrected chi connectivity index (χ4v) is 2.98. The number of benzene rings is 1. The van der Waals surface area contributed by atoms with Gasteiger partial charge in [-0.15, -0.1) is 11.3 Å². The highest BCUT2D eigenvalue weighted by atomic mass is 32.1. The maximum absolute atomic E-state index is 4.27. The van der Waals surface area contributed by atoms with Crippen molar-refractivity contribution in [1.29, 1.82) is 0 Å². The molecule has 0 aliphatic heterocycles. The average Bonchev–Trinajstić information content (AvgIpc) is 2.87. The van der Waals surface area contributed by atoms with Crippen LogP contribution in [-0.2, 0) is 13.1 Å². The van der Waals surface area contributed by atoms with Gasteiger partial charge in [0.05, 0.1) is 11.2 Å². The molecule has 0 fully saturated rings. The predicted molar refractivity (Wildman–Crippen MR) is 87.4 cm³/mol. The molecular weight excluding hydrogens is 266 g/mol. The molecule has 1 aromatic heterocycles. The third kappa shape index (κ3) is 3.81. The second-order valence-electron chi connectivity index (χ2n) is 4.80. The van der Waals surface area contributed by atoms with E-state index in [1.165, 1.54) is 16.1 Å². The van der Waals surface area contributed by atoms with Crippen LogP contribution in [0.4, 0.5) is 5.69 Å². The summed E-state index contributed by atoms with van der Waals surface area (Å²) < 4.78 is 0. The summed E-state index contributed by atoms with van der Waals surface area (Å²) in [6, 6.07) is 8.84. The first-order chi connectivity index (χ1) is 9.74. The molecule has 2 aromatic rings. The SMILES string of the molecule is CCN(CC)c1ccc(CNCc2scnc2C)cc1. The van der Waals surface area contributed by atoms with Crippen molar-refractivity contribution in [2.24, 2.45) is 0 Å². The van der Waals surface area contributed by atoms with E-state index in [1.54, 1.807) is 11.3 Å². The fourth-order valence-electron chi connectivity index (χ4n) is 2.23. The second kappa shape index (κ2) is 7.41. The summed E-state index contributed by atoms with van der Waals surface area (Å²) in [4.78, 5) is 7.95. The Kier molecular flexibility index (Phi) is 5.56. The lowest BCUT2D eigenvalue weighted by Crippen LogP contribution is -2.21. The van der Waals surface area contributed by atoms with Gasteiger partial charge in [-0.25, -0.2) is 4.98 Å². The number of rotatable bonds is 7. The van der Waals surface area contributed by atoms with Crippen LogP contribution in [0.2, 0.25) is 0 Å². The minimum Gasteiger partial charge on any atom is -0.372 e.